The molecule has 0 N–H and O–H groups in total. The first-order chi connectivity index (χ1) is 7.08. The van der Waals surface area contributed by atoms with Gasteiger partial charge in [0.2, 0.25) is 0 Å². The number of aromatic nitrogens is 2. The molecule has 0 saturated carbocycles. The maximum Gasteiger partial charge on any atom is 0.268 e. The Morgan fingerprint density at radius 1 is 1.53 bits per heavy atom. The van der Waals surface area contributed by atoms with E-state index >= 15 is 0 Å². The van der Waals surface area contributed by atoms with Crippen molar-refractivity contribution in [2.24, 2.45) is 0 Å². The van der Waals surface area contributed by atoms with Gasteiger partial charge in [-0.1, -0.05) is 5.16 Å². The molecule has 0 saturated heterocycles. The third kappa shape index (κ3) is 2.43. The second-order valence-electron chi connectivity index (χ2n) is 2.81. The van der Waals surface area contributed by atoms with E-state index in [2.05, 4.69) is 42.0 Å². The number of rotatable bonds is 2. The average Bonchev–Trinajstić information content (AvgIpc) is 2.74. The zero-order valence-corrected chi connectivity index (χ0v) is 12.2. The minimum Gasteiger partial charge on any atom is -0.333 e. The topological polar surface area (TPSA) is 38.9 Å². The number of halogens is 3. The van der Waals surface area contributed by atoms with E-state index in [0.717, 1.165) is 13.1 Å². The van der Waals surface area contributed by atoms with Gasteiger partial charge in [0, 0.05) is 4.47 Å². The molecule has 0 aliphatic rings. The fourth-order valence-electron chi connectivity index (χ4n) is 0.948. The van der Waals surface area contributed by atoms with E-state index in [1.165, 1.54) is 11.3 Å². The molecule has 0 fully saturated rings. The van der Waals surface area contributed by atoms with Crippen LogP contribution in [0.5, 0.6) is 0 Å². The monoisotopic (exact) mass is 370 g/mol. The second-order valence-corrected chi connectivity index (χ2v) is 6.69. The van der Waals surface area contributed by atoms with Crippen LogP contribution in [-0.4, -0.2) is 10.1 Å². The first-order valence-electron chi connectivity index (χ1n) is 4.01. The molecule has 0 aliphatic heterocycles. The van der Waals surface area contributed by atoms with E-state index in [0.29, 0.717) is 11.7 Å². The van der Waals surface area contributed by atoms with Crippen molar-refractivity contribution < 1.29 is 4.52 Å². The highest BCUT2D eigenvalue weighted by atomic mass is 79.9. The Kier molecular flexibility index (Phi) is 3.49. The number of hydrogen-bond donors (Lipinski definition) is 0. The van der Waals surface area contributed by atoms with Crippen LogP contribution in [0.15, 0.2) is 18.8 Å². The van der Waals surface area contributed by atoms with E-state index in [4.69, 9.17) is 16.1 Å². The summed E-state index contributed by atoms with van der Waals surface area (Å²) in [7, 11) is 0. The molecule has 0 spiro atoms. The van der Waals surface area contributed by atoms with Crippen LogP contribution in [-0.2, 0) is 0 Å². The minimum atomic E-state index is -0.241. The van der Waals surface area contributed by atoms with Gasteiger partial charge in [-0.25, -0.2) is 0 Å². The van der Waals surface area contributed by atoms with Gasteiger partial charge in [-0.2, -0.15) is 4.98 Å². The van der Waals surface area contributed by atoms with Crippen molar-refractivity contribution in [2.75, 3.05) is 0 Å². The van der Waals surface area contributed by atoms with Gasteiger partial charge in [0.1, 0.15) is 0 Å². The van der Waals surface area contributed by atoms with Gasteiger partial charge in [0.15, 0.2) is 5.82 Å². The van der Waals surface area contributed by atoms with Gasteiger partial charge in [-0.05, 0) is 44.8 Å². The molecule has 1 unspecified atom stereocenters. The first-order valence-corrected chi connectivity index (χ1v) is 6.84. The summed E-state index contributed by atoms with van der Waals surface area (Å²) in [5, 5.41) is 3.55. The largest absolute Gasteiger partial charge is 0.333 e. The van der Waals surface area contributed by atoms with Crippen molar-refractivity contribution in [2.45, 2.75) is 12.3 Å². The lowest BCUT2D eigenvalue weighted by molar-refractivity contribution is 0.423. The van der Waals surface area contributed by atoms with Gasteiger partial charge in [0.05, 0.1) is 14.0 Å². The Morgan fingerprint density at radius 3 is 2.73 bits per heavy atom. The predicted molar refractivity (Wildman–Crippen MR) is 67.3 cm³/mol. The van der Waals surface area contributed by atoms with E-state index in [1.807, 2.05) is 6.07 Å². The Balaban J connectivity index is 2.37. The molecule has 0 bridgehead atoms. The smallest absolute Gasteiger partial charge is 0.268 e. The van der Waals surface area contributed by atoms with Crippen LogP contribution in [0.2, 0.25) is 0 Å². The lowest BCUT2D eigenvalue weighted by Gasteiger charge is -1.89. The highest BCUT2D eigenvalue weighted by Crippen LogP contribution is 2.37. The zero-order chi connectivity index (χ0) is 11.0. The Bertz CT molecular complexity index is 463. The Hall–Kier alpha value is 0.0900. The summed E-state index contributed by atoms with van der Waals surface area (Å²) in [4.78, 5) is 5.10. The molecule has 0 radical (unpaired) electrons. The van der Waals surface area contributed by atoms with Crippen LogP contribution in [0.4, 0.5) is 0 Å². The standard InChI is InChI=1S/C8H5Br2ClN2OS/c1-3(11)7-12-8(14-13-7)5-2-4(9)6(10)15-5/h2-3H,1H3. The van der Waals surface area contributed by atoms with Crippen molar-refractivity contribution in [3.05, 3.63) is 20.1 Å². The molecule has 0 amide bonds. The van der Waals surface area contributed by atoms with Crippen molar-refractivity contribution >= 4 is 54.8 Å². The summed E-state index contributed by atoms with van der Waals surface area (Å²) < 4.78 is 7.07. The average molecular weight is 372 g/mol. The summed E-state index contributed by atoms with van der Waals surface area (Å²) >= 11 is 14.2. The third-order valence-electron chi connectivity index (χ3n) is 1.65. The van der Waals surface area contributed by atoms with Crippen LogP contribution < -0.4 is 0 Å². The van der Waals surface area contributed by atoms with E-state index < -0.39 is 0 Å². The fourth-order valence-corrected chi connectivity index (χ4v) is 2.99. The quantitative estimate of drug-likeness (QED) is 0.722. The molecular formula is C8H5Br2ClN2OS. The Morgan fingerprint density at radius 2 is 2.27 bits per heavy atom. The molecule has 0 aliphatic carbocycles. The number of thiophene rings is 1. The summed E-state index contributed by atoms with van der Waals surface area (Å²) in [6.07, 6.45) is 0. The van der Waals surface area contributed by atoms with Crippen molar-refractivity contribution in [1.29, 1.82) is 0 Å². The molecule has 80 valence electrons. The fraction of sp³-hybridized carbons (Fsp3) is 0.250. The summed E-state index contributed by atoms with van der Waals surface area (Å²) in [6, 6.07) is 1.92. The minimum absolute atomic E-state index is 0.241. The SMILES string of the molecule is CC(Cl)c1noc(-c2cc(Br)c(Br)s2)n1. The first kappa shape index (κ1) is 11.6. The van der Waals surface area contributed by atoms with Crippen LogP contribution in [0, 0.1) is 0 Å². The molecule has 2 rings (SSSR count). The molecule has 2 aromatic rings. The molecule has 1 atom stereocenters. The van der Waals surface area contributed by atoms with E-state index in [9.17, 15) is 0 Å². The van der Waals surface area contributed by atoms with Gasteiger partial charge in [-0.3, -0.25) is 0 Å². The van der Waals surface area contributed by atoms with Crippen LogP contribution in [0.3, 0.4) is 0 Å². The van der Waals surface area contributed by atoms with Crippen molar-refractivity contribution in [3.63, 3.8) is 0 Å². The molecular weight excluding hydrogens is 367 g/mol. The number of nitrogens with zero attached hydrogens (tertiary/aromatic N) is 2. The van der Waals surface area contributed by atoms with Crippen LogP contribution >= 0.6 is 54.8 Å². The maximum atomic E-state index is 5.84. The van der Waals surface area contributed by atoms with E-state index in [-0.39, 0.29) is 5.38 Å². The lowest BCUT2D eigenvalue weighted by atomic mass is 10.4. The normalized spacial score (nSPS) is 13.1. The second kappa shape index (κ2) is 4.53. The summed E-state index contributed by atoms with van der Waals surface area (Å²) in [5.74, 6) is 1.00. The highest BCUT2D eigenvalue weighted by molar-refractivity contribution is 9.13. The summed E-state index contributed by atoms with van der Waals surface area (Å²) in [6.45, 7) is 1.80. The van der Waals surface area contributed by atoms with Gasteiger partial charge in [-0.15, -0.1) is 22.9 Å². The number of hydrogen-bond acceptors (Lipinski definition) is 4. The molecule has 2 heterocycles. The van der Waals surface area contributed by atoms with Crippen molar-refractivity contribution in [3.8, 4) is 10.8 Å². The van der Waals surface area contributed by atoms with Crippen LogP contribution in [0.1, 0.15) is 18.1 Å². The van der Waals surface area contributed by atoms with Gasteiger partial charge < -0.3 is 4.52 Å². The molecule has 7 heteroatoms. The third-order valence-corrected chi connectivity index (χ3v) is 5.09. The molecule has 0 aromatic carbocycles. The molecule has 2 aromatic heterocycles. The van der Waals surface area contributed by atoms with Gasteiger partial charge >= 0.3 is 0 Å². The van der Waals surface area contributed by atoms with Gasteiger partial charge in [0.25, 0.3) is 5.89 Å². The molecule has 15 heavy (non-hydrogen) atoms. The maximum absolute atomic E-state index is 5.84. The number of alkyl halides is 1. The van der Waals surface area contributed by atoms with Crippen LogP contribution in [0.25, 0.3) is 10.8 Å². The van der Waals surface area contributed by atoms with E-state index in [1.54, 1.807) is 6.92 Å². The lowest BCUT2D eigenvalue weighted by Crippen LogP contribution is -1.85. The summed E-state index contributed by atoms with van der Waals surface area (Å²) in [5.41, 5.74) is 0. The highest BCUT2D eigenvalue weighted by Gasteiger charge is 2.15. The van der Waals surface area contributed by atoms with Crippen molar-refractivity contribution in [1.82, 2.24) is 10.1 Å². The predicted octanol–water partition coefficient (Wildman–Crippen LogP) is 4.62. The molecule has 3 nitrogen and oxygen atoms in total. The zero-order valence-electron chi connectivity index (χ0n) is 7.50. The Labute approximate surface area is 112 Å².